The number of urea groups is 1. The van der Waals surface area contributed by atoms with Crippen LogP contribution in [0.2, 0.25) is 0 Å². The van der Waals surface area contributed by atoms with Crippen LogP contribution in [0.3, 0.4) is 0 Å². The van der Waals surface area contributed by atoms with Crippen LogP contribution in [0.15, 0.2) is 59.7 Å². The number of benzene rings is 2. The summed E-state index contributed by atoms with van der Waals surface area (Å²) in [5.41, 5.74) is 7.61. The van der Waals surface area contributed by atoms with Gasteiger partial charge in [0.25, 0.3) is 5.91 Å². The van der Waals surface area contributed by atoms with E-state index < -0.39 is 28.9 Å². The normalized spacial score (nSPS) is 22.9. The Balaban J connectivity index is 0.760. The van der Waals surface area contributed by atoms with Gasteiger partial charge in [-0.2, -0.15) is 13.2 Å². The fourth-order valence-corrected chi connectivity index (χ4v) is 10.8. The Morgan fingerprint density at radius 1 is 0.924 bits per heavy atom. The third-order valence-corrected chi connectivity index (χ3v) is 14.6. The van der Waals surface area contributed by atoms with Crippen molar-refractivity contribution in [1.82, 2.24) is 34.8 Å². The van der Waals surface area contributed by atoms with Gasteiger partial charge in [-0.1, -0.05) is 18.2 Å². The summed E-state index contributed by atoms with van der Waals surface area (Å²) in [5.74, 6) is 0.296. The van der Waals surface area contributed by atoms with Crippen LogP contribution in [-0.2, 0) is 17.4 Å². The largest absolute Gasteiger partial charge is 0.507 e. The summed E-state index contributed by atoms with van der Waals surface area (Å²) in [5, 5.41) is 21.1. The van der Waals surface area contributed by atoms with E-state index in [0.29, 0.717) is 80.4 Å². The number of nitrogens with two attached hydrogens (primary N) is 1. The third kappa shape index (κ3) is 8.71. The van der Waals surface area contributed by atoms with Crippen LogP contribution >= 0.6 is 0 Å². The van der Waals surface area contributed by atoms with Gasteiger partial charge in [-0.3, -0.25) is 14.9 Å². The maximum absolute atomic E-state index is 16.5. The molecule has 348 valence electrons. The number of likely N-dealkylation sites (tertiary alicyclic amines) is 2. The van der Waals surface area contributed by atoms with Gasteiger partial charge in [0.1, 0.15) is 17.2 Å². The Morgan fingerprint density at radius 3 is 2.42 bits per heavy atom. The molecule has 4 saturated heterocycles. The Kier molecular flexibility index (Phi) is 11.5. The molecule has 0 radical (unpaired) electrons. The van der Waals surface area contributed by atoms with Crippen molar-refractivity contribution in [2.75, 3.05) is 63.0 Å². The summed E-state index contributed by atoms with van der Waals surface area (Å²) in [7, 11) is 0. The van der Waals surface area contributed by atoms with Crippen LogP contribution in [0.4, 0.5) is 39.7 Å². The first-order chi connectivity index (χ1) is 31.7. The number of para-hydroxylation sites is 1. The number of hydrogen-bond donors (Lipinski definition) is 3. The molecule has 2 aromatic carbocycles. The highest BCUT2D eigenvalue weighted by Gasteiger charge is 2.43. The quantitative estimate of drug-likeness (QED) is 0.146. The molecule has 2 atom stereocenters. The Bertz CT molecular complexity index is 2560. The van der Waals surface area contributed by atoms with Crippen LogP contribution in [0.1, 0.15) is 108 Å². The monoisotopic (exact) mass is 910 g/mol. The van der Waals surface area contributed by atoms with Crippen LogP contribution in [0.5, 0.6) is 5.75 Å². The molecule has 18 heteroatoms. The van der Waals surface area contributed by atoms with Gasteiger partial charge in [-0.25, -0.2) is 14.2 Å². The van der Waals surface area contributed by atoms with E-state index in [0.717, 1.165) is 37.6 Å². The van der Waals surface area contributed by atoms with Crippen molar-refractivity contribution >= 4 is 41.4 Å². The molecule has 4 N–H and O–H groups in total. The van der Waals surface area contributed by atoms with E-state index in [1.165, 1.54) is 22.1 Å². The van der Waals surface area contributed by atoms with E-state index >= 15 is 4.39 Å². The number of nitrogens with zero attached hydrogens (tertiary/aromatic N) is 8. The second-order valence-electron chi connectivity index (χ2n) is 19.0. The van der Waals surface area contributed by atoms with Gasteiger partial charge in [0.05, 0.1) is 28.6 Å². The fourth-order valence-electron chi connectivity index (χ4n) is 10.8. The number of amides is 4. The topological polar surface area (TPSA) is 166 Å². The number of nitrogen functional groups attached to an aromatic ring is 1. The highest BCUT2D eigenvalue weighted by Crippen LogP contribution is 2.48. The highest BCUT2D eigenvalue weighted by molar-refractivity contribution is 5.98. The van der Waals surface area contributed by atoms with Crippen LogP contribution in [0, 0.1) is 0 Å². The van der Waals surface area contributed by atoms with Crippen molar-refractivity contribution in [3.8, 4) is 17.0 Å². The third-order valence-electron chi connectivity index (χ3n) is 14.6. The van der Waals surface area contributed by atoms with Gasteiger partial charge in [0.15, 0.2) is 5.82 Å². The van der Waals surface area contributed by atoms with Crippen LogP contribution < -0.4 is 16.0 Å². The van der Waals surface area contributed by atoms with Crippen LogP contribution in [0.25, 0.3) is 11.3 Å². The number of aromatic nitrogens is 3. The van der Waals surface area contributed by atoms with E-state index in [1.807, 2.05) is 11.1 Å². The number of fused-ring (bicyclic) bond motifs is 1. The molecular weight excluding hydrogens is 857 g/mol. The minimum Gasteiger partial charge on any atom is -0.507 e. The summed E-state index contributed by atoms with van der Waals surface area (Å²) in [4.78, 5) is 50.3. The minimum absolute atomic E-state index is 0.0143. The van der Waals surface area contributed by atoms with E-state index in [2.05, 4.69) is 31.2 Å². The van der Waals surface area contributed by atoms with Gasteiger partial charge >= 0.3 is 12.2 Å². The maximum atomic E-state index is 16.5. The number of carbonyl (C=O) groups is 3. The lowest BCUT2D eigenvalue weighted by molar-refractivity contribution is -0.138. The average molecular weight is 911 g/mol. The molecule has 6 aliphatic rings. The van der Waals surface area contributed by atoms with Crippen molar-refractivity contribution in [2.45, 2.75) is 100.0 Å². The number of rotatable bonds is 9. The summed E-state index contributed by atoms with van der Waals surface area (Å²) >= 11 is 0. The van der Waals surface area contributed by atoms with Gasteiger partial charge in [-0.05, 0) is 85.9 Å². The first-order valence-corrected chi connectivity index (χ1v) is 23.2. The van der Waals surface area contributed by atoms with E-state index in [4.69, 9.17) is 10.7 Å². The molecule has 5 fully saturated rings. The second-order valence-corrected chi connectivity index (χ2v) is 19.0. The lowest BCUT2D eigenvalue weighted by Gasteiger charge is -2.41. The zero-order chi connectivity index (χ0) is 45.9. The Hall–Kier alpha value is -6.04. The molecular formula is C48H54F4N10O4. The van der Waals surface area contributed by atoms with Gasteiger partial charge < -0.3 is 35.0 Å². The number of phenolic OH excluding ortho intramolecular Hbond substituents is 1. The number of phenols is 1. The van der Waals surface area contributed by atoms with Crippen molar-refractivity contribution in [3.63, 3.8) is 0 Å². The van der Waals surface area contributed by atoms with Gasteiger partial charge in [0, 0.05) is 114 Å². The molecule has 4 aromatic rings. The minimum atomic E-state index is -4.80. The lowest BCUT2D eigenvalue weighted by atomic mass is 9.87. The zero-order valence-electron chi connectivity index (χ0n) is 36.6. The number of aromatic hydroxyl groups is 1. The molecule has 2 unspecified atom stereocenters. The molecule has 0 bridgehead atoms. The average Bonchev–Trinajstić information content (AvgIpc) is 4.09. The molecule has 0 spiro atoms. The predicted octanol–water partition coefficient (Wildman–Crippen LogP) is 7.36. The number of aliphatic imine (C=N–C) groups is 1. The van der Waals surface area contributed by atoms with E-state index in [-0.39, 0.29) is 80.4 Å². The zero-order valence-corrected chi connectivity index (χ0v) is 36.6. The van der Waals surface area contributed by atoms with Gasteiger partial charge in [-0.15, -0.1) is 10.2 Å². The van der Waals surface area contributed by atoms with Gasteiger partial charge in [0.2, 0.25) is 5.91 Å². The van der Waals surface area contributed by atoms with Crippen molar-refractivity contribution in [1.29, 1.82) is 0 Å². The molecule has 7 heterocycles. The Morgan fingerprint density at radius 2 is 1.70 bits per heavy atom. The number of anilines is 2. The molecule has 2 aromatic heterocycles. The molecule has 1 aliphatic carbocycles. The Labute approximate surface area is 379 Å². The van der Waals surface area contributed by atoms with Crippen molar-refractivity contribution < 1.29 is 37.1 Å². The number of imide groups is 1. The predicted molar refractivity (Wildman–Crippen MR) is 240 cm³/mol. The number of nitrogens with one attached hydrogen (secondary N) is 1. The standard InChI is InChI=1S/C48H54F4N10O4/c49-47(28-58-17-11-32(12-18-58)62-27-37(29-7-8-29)36-23-33(25-54-44(36)62)61-19-13-42(64)55-46(61)66)14-20-59(21-15-47)45(65)34-10-9-30(22-38(34)48(50,51)52)31-4-3-16-60(26-31)40-24-39(56-57-43(40)53)35-5-1-2-6-41(35)63/h1-2,5-6,9-10,22,24-25,27,29,31-33,63H,3-4,7-8,11-21,23,26,28H2,(H2,53,57)(H,55,64,66). The number of carbonyl (C=O) groups excluding carboxylic acids is 3. The van der Waals surface area contributed by atoms with Crippen molar-refractivity contribution in [3.05, 3.63) is 82.5 Å². The SMILES string of the molecule is Nc1nnc(-c2ccccc2O)cc1N1CCCC(c2ccc(C(=O)N3CCC(F)(CN4CCC(n5cc(C6CC6)c6c5N=CC(N5CCC(=O)NC5=O)C6)CC4)CC3)c(C(F)(F)F)c2)C1. The summed E-state index contributed by atoms with van der Waals surface area (Å²) in [6, 6.07) is 12.0. The summed E-state index contributed by atoms with van der Waals surface area (Å²) < 4.78 is 63.2. The van der Waals surface area contributed by atoms with Crippen LogP contribution in [-0.4, -0.2) is 123 Å². The molecule has 66 heavy (non-hydrogen) atoms. The molecule has 14 nitrogen and oxygen atoms in total. The smallest absolute Gasteiger partial charge is 0.417 e. The molecule has 10 rings (SSSR count). The van der Waals surface area contributed by atoms with Crippen molar-refractivity contribution in [2.24, 2.45) is 4.99 Å². The first-order valence-electron chi connectivity index (χ1n) is 23.2. The fraction of sp³-hybridized carbons (Fsp3) is 0.500. The number of halogens is 4. The number of alkyl halides is 4. The first kappa shape index (κ1) is 43.8. The number of hydrogen-bond acceptors (Lipinski definition) is 10. The molecule has 5 aliphatic heterocycles. The molecule has 4 amide bonds. The maximum Gasteiger partial charge on any atom is 0.417 e. The second kappa shape index (κ2) is 17.3. The summed E-state index contributed by atoms with van der Waals surface area (Å²) in [6.45, 7) is 2.89. The summed E-state index contributed by atoms with van der Waals surface area (Å²) in [6.07, 6.45) is 5.39. The van der Waals surface area contributed by atoms with E-state index in [1.54, 1.807) is 41.3 Å². The lowest BCUT2D eigenvalue weighted by Crippen LogP contribution is -2.54. The highest BCUT2D eigenvalue weighted by atomic mass is 19.4. The molecule has 1 saturated carbocycles. The van der Waals surface area contributed by atoms with E-state index in [9.17, 15) is 32.7 Å². The number of piperidine rings is 3.